The summed E-state index contributed by atoms with van der Waals surface area (Å²) in [6.45, 7) is 5.01. The smallest absolute Gasteiger partial charge is 0.251 e. The van der Waals surface area contributed by atoms with Crippen LogP contribution in [0.2, 0.25) is 0 Å². The Morgan fingerprint density at radius 1 is 1.18 bits per heavy atom. The Balaban J connectivity index is 2.78. The van der Waals surface area contributed by atoms with Gasteiger partial charge in [-0.3, -0.25) is 9.59 Å². The number of amides is 2. The molecular formula is C17H24N2O3. The molecule has 0 aliphatic heterocycles. The van der Waals surface area contributed by atoms with Crippen molar-refractivity contribution in [2.24, 2.45) is 0 Å². The average molecular weight is 304 g/mol. The first-order chi connectivity index (χ1) is 10.6. The molecule has 0 aromatic heterocycles. The molecule has 1 N–H and O–H groups in total. The van der Waals surface area contributed by atoms with Gasteiger partial charge in [0.1, 0.15) is 12.3 Å². The van der Waals surface area contributed by atoms with Gasteiger partial charge in [-0.15, -0.1) is 0 Å². The summed E-state index contributed by atoms with van der Waals surface area (Å²) in [6, 6.07) is 8.22. The van der Waals surface area contributed by atoms with Crippen LogP contribution in [0.5, 0.6) is 0 Å². The summed E-state index contributed by atoms with van der Waals surface area (Å²) in [6.07, 6.45) is 2.27. The molecule has 0 heterocycles. The van der Waals surface area contributed by atoms with Crippen LogP contribution in [0.3, 0.4) is 0 Å². The van der Waals surface area contributed by atoms with Gasteiger partial charge in [-0.05, 0) is 38.8 Å². The minimum atomic E-state index is -0.590. The summed E-state index contributed by atoms with van der Waals surface area (Å²) in [7, 11) is 0. The first-order valence-corrected chi connectivity index (χ1v) is 7.72. The SMILES string of the molecule is CCN(CC)C(=O)[C@H](CCCC=O)NC(=O)c1ccccc1. The summed E-state index contributed by atoms with van der Waals surface area (Å²) < 4.78 is 0. The van der Waals surface area contributed by atoms with E-state index in [2.05, 4.69) is 5.32 Å². The minimum Gasteiger partial charge on any atom is -0.341 e. The van der Waals surface area contributed by atoms with Gasteiger partial charge in [-0.1, -0.05) is 18.2 Å². The van der Waals surface area contributed by atoms with E-state index in [0.717, 1.165) is 6.29 Å². The molecule has 5 heteroatoms. The molecule has 1 aromatic carbocycles. The molecule has 0 unspecified atom stereocenters. The molecule has 0 radical (unpaired) electrons. The van der Waals surface area contributed by atoms with Crippen molar-refractivity contribution in [3.05, 3.63) is 35.9 Å². The molecule has 0 spiro atoms. The zero-order chi connectivity index (χ0) is 16.4. The van der Waals surface area contributed by atoms with Crippen molar-refractivity contribution in [3.8, 4) is 0 Å². The molecule has 1 rings (SSSR count). The van der Waals surface area contributed by atoms with Crippen LogP contribution in [-0.4, -0.2) is 42.1 Å². The van der Waals surface area contributed by atoms with E-state index in [1.54, 1.807) is 29.2 Å². The van der Waals surface area contributed by atoms with Gasteiger partial charge in [0.15, 0.2) is 0 Å². The topological polar surface area (TPSA) is 66.5 Å². The fourth-order valence-corrected chi connectivity index (χ4v) is 2.25. The van der Waals surface area contributed by atoms with E-state index in [4.69, 9.17) is 0 Å². The van der Waals surface area contributed by atoms with Gasteiger partial charge in [0, 0.05) is 25.1 Å². The molecule has 0 fully saturated rings. The van der Waals surface area contributed by atoms with Crippen molar-refractivity contribution in [2.75, 3.05) is 13.1 Å². The highest BCUT2D eigenvalue weighted by atomic mass is 16.2. The monoisotopic (exact) mass is 304 g/mol. The van der Waals surface area contributed by atoms with Crippen molar-refractivity contribution >= 4 is 18.1 Å². The fourth-order valence-electron chi connectivity index (χ4n) is 2.25. The average Bonchev–Trinajstić information content (AvgIpc) is 2.55. The van der Waals surface area contributed by atoms with Crippen molar-refractivity contribution in [1.82, 2.24) is 10.2 Å². The number of rotatable bonds is 9. The maximum Gasteiger partial charge on any atom is 0.251 e. The lowest BCUT2D eigenvalue weighted by Crippen LogP contribution is -2.48. The first-order valence-electron chi connectivity index (χ1n) is 7.72. The van der Waals surface area contributed by atoms with Gasteiger partial charge in [0.2, 0.25) is 5.91 Å². The number of hydrogen-bond acceptors (Lipinski definition) is 3. The number of hydrogen-bond donors (Lipinski definition) is 1. The zero-order valence-electron chi connectivity index (χ0n) is 13.2. The molecule has 22 heavy (non-hydrogen) atoms. The summed E-state index contributed by atoms with van der Waals surface area (Å²) in [5.41, 5.74) is 0.523. The second-order valence-corrected chi connectivity index (χ2v) is 5.00. The Morgan fingerprint density at radius 2 is 1.82 bits per heavy atom. The molecule has 120 valence electrons. The summed E-state index contributed by atoms with van der Waals surface area (Å²) in [5, 5.41) is 2.80. The number of unbranched alkanes of at least 4 members (excludes halogenated alkanes) is 1. The Bertz CT molecular complexity index is 484. The van der Waals surface area contributed by atoms with E-state index in [0.29, 0.717) is 37.9 Å². The minimum absolute atomic E-state index is 0.0971. The van der Waals surface area contributed by atoms with Gasteiger partial charge in [-0.25, -0.2) is 0 Å². The quantitative estimate of drug-likeness (QED) is 0.560. The van der Waals surface area contributed by atoms with E-state index in [1.165, 1.54) is 0 Å². The maximum atomic E-state index is 12.5. The fraction of sp³-hybridized carbons (Fsp3) is 0.471. The Morgan fingerprint density at radius 3 is 2.36 bits per heavy atom. The third kappa shape index (κ3) is 5.31. The zero-order valence-corrected chi connectivity index (χ0v) is 13.2. The Kier molecular flexibility index (Phi) is 7.89. The van der Waals surface area contributed by atoms with Crippen LogP contribution in [0.1, 0.15) is 43.5 Å². The Hall–Kier alpha value is -2.17. The highest BCUT2D eigenvalue weighted by molar-refractivity contribution is 5.97. The molecule has 1 aromatic rings. The highest BCUT2D eigenvalue weighted by Crippen LogP contribution is 2.07. The normalized spacial score (nSPS) is 11.5. The van der Waals surface area contributed by atoms with E-state index < -0.39 is 6.04 Å². The largest absolute Gasteiger partial charge is 0.341 e. The number of likely N-dealkylation sites (N-methyl/N-ethyl adjacent to an activating group) is 1. The van der Waals surface area contributed by atoms with E-state index in [9.17, 15) is 14.4 Å². The highest BCUT2D eigenvalue weighted by Gasteiger charge is 2.24. The number of carbonyl (C=O) groups excluding carboxylic acids is 3. The molecule has 1 atom stereocenters. The molecule has 0 saturated carbocycles. The van der Waals surface area contributed by atoms with Crippen molar-refractivity contribution < 1.29 is 14.4 Å². The van der Waals surface area contributed by atoms with Crippen molar-refractivity contribution in [3.63, 3.8) is 0 Å². The molecule has 0 bridgehead atoms. The molecule has 0 aliphatic carbocycles. The third-order valence-corrected chi connectivity index (χ3v) is 3.53. The van der Waals surface area contributed by atoms with Crippen molar-refractivity contribution in [2.45, 2.75) is 39.2 Å². The second-order valence-electron chi connectivity index (χ2n) is 5.00. The van der Waals surface area contributed by atoms with Crippen LogP contribution in [0, 0.1) is 0 Å². The van der Waals surface area contributed by atoms with Gasteiger partial charge >= 0.3 is 0 Å². The van der Waals surface area contributed by atoms with Gasteiger partial charge in [0.05, 0.1) is 0 Å². The van der Waals surface area contributed by atoms with E-state index >= 15 is 0 Å². The standard InChI is InChI=1S/C17H24N2O3/c1-3-19(4-2)17(22)15(12-8-9-13-20)18-16(21)14-10-6-5-7-11-14/h5-7,10-11,13,15H,3-4,8-9,12H2,1-2H3,(H,18,21)/t15-/m0/s1. The molecule has 5 nitrogen and oxygen atoms in total. The van der Waals surface area contributed by atoms with Crippen LogP contribution in [-0.2, 0) is 9.59 Å². The molecule has 0 aliphatic rings. The lowest BCUT2D eigenvalue weighted by atomic mass is 10.1. The predicted molar refractivity (Wildman–Crippen MR) is 85.5 cm³/mol. The van der Waals surface area contributed by atoms with Crippen LogP contribution < -0.4 is 5.32 Å². The second kappa shape index (κ2) is 9.71. The number of benzene rings is 1. The number of nitrogens with zero attached hydrogens (tertiary/aromatic N) is 1. The summed E-state index contributed by atoms with van der Waals surface area (Å²) >= 11 is 0. The molecule has 0 saturated heterocycles. The van der Waals surface area contributed by atoms with E-state index in [1.807, 2.05) is 19.9 Å². The molecular weight excluding hydrogens is 280 g/mol. The van der Waals surface area contributed by atoms with Gasteiger partial charge in [0.25, 0.3) is 5.91 Å². The first kappa shape index (κ1) is 17.9. The third-order valence-electron chi connectivity index (χ3n) is 3.53. The van der Waals surface area contributed by atoms with Crippen molar-refractivity contribution in [1.29, 1.82) is 0 Å². The number of nitrogens with one attached hydrogen (secondary N) is 1. The number of aldehydes is 1. The number of carbonyl (C=O) groups is 3. The van der Waals surface area contributed by atoms with Gasteiger partial charge in [-0.2, -0.15) is 0 Å². The lowest BCUT2D eigenvalue weighted by molar-refractivity contribution is -0.133. The van der Waals surface area contributed by atoms with E-state index in [-0.39, 0.29) is 11.8 Å². The van der Waals surface area contributed by atoms with Gasteiger partial charge < -0.3 is 15.0 Å². The summed E-state index contributed by atoms with van der Waals surface area (Å²) in [4.78, 5) is 36.9. The summed E-state index contributed by atoms with van der Waals surface area (Å²) in [5.74, 6) is -0.364. The van der Waals surface area contributed by atoms with Crippen LogP contribution in [0.15, 0.2) is 30.3 Å². The van der Waals surface area contributed by atoms with Crippen LogP contribution >= 0.6 is 0 Å². The maximum absolute atomic E-state index is 12.5. The van der Waals surface area contributed by atoms with Crippen LogP contribution in [0.25, 0.3) is 0 Å². The lowest BCUT2D eigenvalue weighted by Gasteiger charge is -2.25. The van der Waals surface area contributed by atoms with Crippen LogP contribution in [0.4, 0.5) is 0 Å². The Labute approximate surface area is 131 Å². The predicted octanol–water partition coefficient (Wildman–Crippen LogP) is 2.02. The molecule has 2 amide bonds.